The first-order chi connectivity index (χ1) is 8.48. The van der Waals surface area contributed by atoms with E-state index in [2.05, 4.69) is 49.7 Å². The highest BCUT2D eigenvalue weighted by Gasteiger charge is 2.27. The Kier molecular flexibility index (Phi) is 6.61. The zero-order chi connectivity index (χ0) is 13.6. The van der Waals surface area contributed by atoms with Gasteiger partial charge in [0.25, 0.3) is 0 Å². The summed E-state index contributed by atoms with van der Waals surface area (Å²) < 4.78 is 0. The lowest BCUT2D eigenvalue weighted by molar-refractivity contribution is 0.0622. The highest BCUT2D eigenvalue weighted by Crippen LogP contribution is 2.18. The fourth-order valence-electron chi connectivity index (χ4n) is 2.95. The van der Waals surface area contributed by atoms with Gasteiger partial charge in [0.05, 0.1) is 0 Å². The lowest BCUT2D eigenvalue weighted by Crippen LogP contribution is -2.54. The minimum Gasteiger partial charge on any atom is -0.316 e. The summed E-state index contributed by atoms with van der Waals surface area (Å²) in [6.45, 7) is 20.0. The first-order valence-corrected chi connectivity index (χ1v) is 7.65. The van der Waals surface area contributed by atoms with E-state index >= 15 is 0 Å². The van der Waals surface area contributed by atoms with Gasteiger partial charge in [-0.25, -0.2) is 0 Å². The average molecular weight is 255 g/mol. The molecule has 0 amide bonds. The number of rotatable bonds is 7. The van der Waals surface area contributed by atoms with Gasteiger partial charge in [-0.2, -0.15) is 0 Å². The Hall–Kier alpha value is -0.120. The van der Waals surface area contributed by atoms with Gasteiger partial charge in [-0.1, -0.05) is 27.7 Å². The van der Waals surface area contributed by atoms with Crippen molar-refractivity contribution in [3.63, 3.8) is 0 Å². The van der Waals surface area contributed by atoms with Crippen molar-refractivity contribution in [2.75, 3.05) is 45.8 Å². The maximum atomic E-state index is 3.56. The molecular formula is C15H33N3. The largest absolute Gasteiger partial charge is 0.316 e. The molecule has 0 saturated carbocycles. The third-order valence-electron chi connectivity index (χ3n) is 3.94. The number of hydrogen-bond acceptors (Lipinski definition) is 3. The SMILES string of the molecule is CCCNCC(C)(C)CN1CCN(CC)C(C)C1. The molecule has 1 unspecified atom stereocenters. The Morgan fingerprint density at radius 3 is 2.50 bits per heavy atom. The number of piperazine rings is 1. The van der Waals surface area contributed by atoms with E-state index < -0.39 is 0 Å². The molecule has 108 valence electrons. The van der Waals surface area contributed by atoms with Crippen molar-refractivity contribution >= 4 is 0 Å². The van der Waals surface area contributed by atoms with Crippen LogP contribution in [0.4, 0.5) is 0 Å². The van der Waals surface area contributed by atoms with Crippen LogP contribution in [0.1, 0.15) is 41.0 Å². The second-order valence-corrected chi connectivity index (χ2v) is 6.55. The molecule has 18 heavy (non-hydrogen) atoms. The predicted octanol–water partition coefficient (Wildman–Crippen LogP) is 2.04. The van der Waals surface area contributed by atoms with Crippen LogP contribution in [0.5, 0.6) is 0 Å². The maximum Gasteiger partial charge on any atom is 0.0195 e. The lowest BCUT2D eigenvalue weighted by Gasteiger charge is -2.42. The fourth-order valence-corrected chi connectivity index (χ4v) is 2.95. The second-order valence-electron chi connectivity index (χ2n) is 6.55. The molecule has 1 rings (SSSR count). The van der Waals surface area contributed by atoms with Crippen molar-refractivity contribution in [3.8, 4) is 0 Å². The highest BCUT2D eigenvalue weighted by molar-refractivity contribution is 4.83. The van der Waals surface area contributed by atoms with Gasteiger partial charge in [0.2, 0.25) is 0 Å². The summed E-state index contributed by atoms with van der Waals surface area (Å²) in [5.74, 6) is 0. The van der Waals surface area contributed by atoms with E-state index in [4.69, 9.17) is 0 Å². The van der Waals surface area contributed by atoms with E-state index in [0.717, 1.165) is 13.1 Å². The van der Waals surface area contributed by atoms with Gasteiger partial charge in [0.15, 0.2) is 0 Å². The van der Waals surface area contributed by atoms with Gasteiger partial charge in [0, 0.05) is 38.8 Å². The van der Waals surface area contributed by atoms with Crippen molar-refractivity contribution in [3.05, 3.63) is 0 Å². The van der Waals surface area contributed by atoms with Crippen molar-refractivity contribution in [2.45, 2.75) is 47.1 Å². The Labute approximate surface area is 114 Å². The molecular weight excluding hydrogens is 222 g/mol. The van der Waals surface area contributed by atoms with Gasteiger partial charge >= 0.3 is 0 Å². The minimum absolute atomic E-state index is 0.378. The zero-order valence-corrected chi connectivity index (χ0v) is 13.1. The predicted molar refractivity (Wildman–Crippen MR) is 80.1 cm³/mol. The molecule has 0 aromatic carbocycles. The molecule has 0 spiro atoms. The van der Waals surface area contributed by atoms with Crippen LogP contribution in [0.3, 0.4) is 0 Å². The van der Waals surface area contributed by atoms with Crippen LogP contribution < -0.4 is 5.32 Å². The van der Waals surface area contributed by atoms with Crippen LogP contribution in [0.15, 0.2) is 0 Å². The van der Waals surface area contributed by atoms with E-state index in [1.165, 1.54) is 39.1 Å². The van der Waals surface area contributed by atoms with Crippen LogP contribution in [0.25, 0.3) is 0 Å². The monoisotopic (exact) mass is 255 g/mol. The van der Waals surface area contributed by atoms with Crippen LogP contribution >= 0.6 is 0 Å². The van der Waals surface area contributed by atoms with Crippen molar-refractivity contribution < 1.29 is 0 Å². The molecule has 3 nitrogen and oxygen atoms in total. The number of nitrogens with one attached hydrogen (secondary N) is 1. The molecule has 1 N–H and O–H groups in total. The van der Waals surface area contributed by atoms with Gasteiger partial charge in [-0.15, -0.1) is 0 Å². The molecule has 0 aliphatic carbocycles. The minimum atomic E-state index is 0.378. The van der Waals surface area contributed by atoms with Crippen molar-refractivity contribution in [1.82, 2.24) is 15.1 Å². The summed E-state index contributed by atoms with van der Waals surface area (Å²) in [4.78, 5) is 5.23. The molecule has 1 fully saturated rings. The number of likely N-dealkylation sites (N-methyl/N-ethyl adjacent to an activating group) is 1. The zero-order valence-electron chi connectivity index (χ0n) is 13.1. The molecule has 1 saturated heterocycles. The fraction of sp³-hybridized carbons (Fsp3) is 1.00. The average Bonchev–Trinajstić information content (AvgIpc) is 2.29. The van der Waals surface area contributed by atoms with E-state index in [9.17, 15) is 0 Å². The molecule has 0 aromatic rings. The third-order valence-corrected chi connectivity index (χ3v) is 3.94. The molecule has 1 aliphatic rings. The molecule has 0 bridgehead atoms. The molecule has 1 aliphatic heterocycles. The molecule has 1 heterocycles. The Bertz CT molecular complexity index is 228. The highest BCUT2D eigenvalue weighted by atomic mass is 15.3. The second kappa shape index (κ2) is 7.46. The summed E-state index contributed by atoms with van der Waals surface area (Å²) in [6, 6.07) is 0.711. The van der Waals surface area contributed by atoms with E-state index in [0.29, 0.717) is 11.5 Å². The third kappa shape index (κ3) is 5.25. The molecule has 0 radical (unpaired) electrons. The van der Waals surface area contributed by atoms with Gasteiger partial charge in [-0.05, 0) is 31.8 Å². The molecule has 3 heteroatoms. The van der Waals surface area contributed by atoms with Crippen molar-refractivity contribution in [2.24, 2.45) is 5.41 Å². The maximum absolute atomic E-state index is 3.56. The standard InChI is InChI=1S/C15H33N3/c1-6-8-16-12-15(4,5)13-17-9-10-18(7-2)14(3)11-17/h14,16H,6-13H2,1-5H3. The Morgan fingerprint density at radius 2 is 1.94 bits per heavy atom. The van der Waals surface area contributed by atoms with Crippen LogP contribution in [0.2, 0.25) is 0 Å². The summed E-state index contributed by atoms with van der Waals surface area (Å²) in [7, 11) is 0. The van der Waals surface area contributed by atoms with Crippen LogP contribution in [0, 0.1) is 5.41 Å². The van der Waals surface area contributed by atoms with Gasteiger partial charge < -0.3 is 5.32 Å². The lowest BCUT2D eigenvalue weighted by atomic mass is 9.92. The van der Waals surface area contributed by atoms with E-state index in [1.54, 1.807) is 0 Å². The Balaban J connectivity index is 2.33. The summed E-state index contributed by atoms with van der Waals surface area (Å²) in [5, 5.41) is 3.56. The number of hydrogen-bond donors (Lipinski definition) is 1. The van der Waals surface area contributed by atoms with Gasteiger partial charge in [0.1, 0.15) is 0 Å². The first-order valence-electron chi connectivity index (χ1n) is 7.65. The number of nitrogens with zero attached hydrogens (tertiary/aromatic N) is 2. The quantitative estimate of drug-likeness (QED) is 0.702. The molecule has 0 aromatic heterocycles. The van der Waals surface area contributed by atoms with E-state index in [1.807, 2.05) is 0 Å². The van der Waals surface area contributed by atoms with E-state index in [-0.39, 0.29) is 0 Å². The topological polar surface area (TPSA) is 18.5 Å². The summed E-state index contributed by atoms with van der Waals surface area (Å²) in [6.07, 6.45) is 1.22. The Morgan fingerprint density at radius 1 is 1.22 bits per heavy atom. The summed E-state index contributed by atoms with van der Waals surface area (Å²) in [5.41, 5.74) is 0.378. The van der Waals surface area contributed by atoms with Crippen LogP contribution in [-0.2, 0) is 0 Å². The first kappa shape index (κ1) is 15.9. The van der Waals surface area contributed by atoms with Crippen molar-refractivity contribution in [1.29, 1.82) is 0 Å². The smallest absolute Gasteiger partial charge is 0.0195 e. The normalized spacial score (nSPS) is 23.5. The molecule has 1 atom stereocenters. The summed E-state index contributed by atoms with van der Waals surface area (Å²) >= 11 is 0. The van der Waals surface area contributed by atoms with Gasteiger partial charge in [-0.3, -0.25) is 9.80 Å². The van der Waals surface area contributed by atoms with Crippen LogP contribution in [-0.4, -0.2) is 61.7 Å².